The summed E-state index contributed by atoms with van der Waals surface area (Å²) in [6.07, 6.45) is 4.54. The SMILES string of the molecule is CCC1CCCN(C(=O)c2ccc(O)c(Cl)c2)CC1. The fourth-order valence-electron chi connectivity index (χ4n) is 2.60. The van der Waals surface area contributed by atoms with Gasteiger partial charge in [-0.05, 0) is 43.4 Å². The van der Waals surface area contributed by atoms with Gasteiger partial charge in [-0.15, -0.1) is 0 Å². The standard InChI is InChI=1S/C15H20ClNO2/c1-2-11-4-3-8-17(9-7-11)15(19)12-5-6-14(18)13(16)10-12/h5-6,10-11,18H,2-4,7-9H2,1H3. The number of carbonyl (C=O) groups is 1. The number of halogens is 1. The van der Waals surface area contributed by atoms with Crippen molar-refractivity contribution in [3.8, 4) is 5.75 Å². The van der Waals surface area contributed by atoms with E-state index in [-0.39, 0.29) is 16.7 Å². The monoisotopic (exact) mass is 281 g/mol. The summed E-state index contributed by atoms with van der Waals surface area (Å²) in [6.45, 7) is 3.84. The summed E-state index contributed by atoms with van der Waals surface area (Å²) in [6, 6.07) is 4.65. The fraction of sp³-hybridized carbons (Fsp3) is 0.533. The van der Waals surface area contributed by atoms with Gasteiger partial charge in [0.15, 0.2) is 0 Å². The second-order valence-electron chi connectivity index (χ2n) is 5.16. The molecule has 0 aromatic heterocycles. The third kappa shape index (κ3) is 3.41. The number of rotatable bonds is 2. The van der Waals surface area contributed by atoms with Crippen molar-refractivity contribution in [1.29, 1.82) is 0 Å². The maximum atomic E-state index is 12.4. The Labute approximate surface area is 119 Å². The molecule has 1 unspecified atom stereocenters. The van der Waals surface area contributed by atoms with E-state index in [1.54, 1.807) is 12.1 Å². The van der Waals surface area contributed by atoms with Gasteiger partial charge in [0, 0.05) is 18.7 Å². The van der Waals surface area contributed by atoms with Gasteiger partial charge >= 0.3 is 0 Å². The molecule has 1 aliphatic heterocycles. The Bertz CT molecular complexity index is 461. The number of phenols is 1. The van der Waals surface area contributed by atoms with Crippen molar-refractivity contribution >= 4 is 17.5 Å². The van der Waals surface area contributed by atoms with Crippen molar-refractivity contribution in [2.45, 2.75) is 32.6 Å². The van der Waals surface area contributed by atoms with Crippen LogP contribution >= 0.6 is 11.6 Å². The maximum absolute atomic E-state index is 12.4. The van der Waals surface area contributed by atoms with E-state index in [0.717, 1.165) is 31.8 Å². The second-order valence-corrected chi connectivity index (χ2v) is 5.57. The number of carbonyl (C=O) groups excluding carboxylic acids is 1. The van der Waals surface area contributed by atoms with Gasteiger partial charge in [-0.2, -0.15) is 0 Å². The Kier molecular flexibility index (Phi) is 4.70. The molecule has 0 bridgehead atoms. The van der Waals surface area contributed by atoms with Crippen LogP contribution in [-0.4, -0.2) is 29.0 Å². The van der Waals surface area contributed by atoms with Crippen molar-refractivity contribution in [3.05, 3.63) is 28.8 Å². The van der Waals surface area contributed by atoms with E-state index in [4.69, 9.17) is 11.6 Å². The van der Waals surface area contributed by atoms with Crippen LogP contribution in [0.25, 0.3) is 0 Å². The molecule has 1 fully saturated rings. The molecule has 0 saturated carbocycles. The Balaban J connectivity index is 2.08. The third-order valence-electron chi connectivity index (χ3n) is 3.91. The zero-order valence-electron chi connectivity index (χ0n) is 11.2. The Morgan fingerprint density at radius 2 is 2.21 bits per heavy atom. The van der Waals surface area contributed by atoms with Crippen molar-refractivity contribution in [3.63, 3.8) is 0 Å². The van der Waals surface area contributed by atoms with E-state index in [2.05, 4.69) is 6.92 Å². The van der Waals surface area contributed by atoms with Crippen molar-refractivity contribution in [1.82, 2.24) is 4.90 Å². The van der Waals surface area contributed by atoms with Crippen LogP contribution in [0.4, 0.5) is 0 Å². The second kappa shape index (κ2) is 6.29. The zero-order chi connectivity index (χ0) is 13.8. The molecule has 1 aliphatic rings. The van der Waals surface area contributed by atoms with Crippen LogP contribution in [-0.2, 0) is 0 Å². The summed E-state index contributed by atoms with van der Waals surface area (Å²) in [7, 11) is 0. The van der Waals surface area contributed by atoms with Crippen LogP contribution in [0.5, 0.6) is 5.75 Å². The number of hydrogen-bond acceptors (Lipinski definition) is 2. The summed E-state index contributed by atoms with van der Waals surface area (Å²) < 4.78 is 0. The van der Waals surface area contributed by atoms with Crippen molar-refractivity contribution in [2.75, 3.05) is 13.1 Å². The predicted molar refractivity (Wildman–Crippen MR) is 76.7 cm³/mol. The lowest BCUT2D eigenvalue weighted by Gasteiger charge is -2.20. The van der Waals surface area contributed by atoms with Crippen LogP contribution in [0.3, 0.4) is 0 Å². The van der Waals surface area contributed by atoms with Crippen LogP contribution < -0.4 is 0 Å². The predicted octanol–water partition coefficient (Wildman–Crippen LogP) is 3.70. The van der Waals surface area contributed by atoms with Gasteiger partial charge in [-0.25, -0.2) is 0 Å². The first-order chi connectivity index (χ1) is 9.11. The minimum absolute atomic E-state index is 0.0126. The lowest BCUT2D eigenvalue weighted by atomic mass is 9.98. The Morgan fingerprint density at radius 3 is 2.89 bits per heavy atom. The summed E-state index contributed by atoms with van der Waals surface area (Å²) in [5.41, 5.74) is 0.553. The summed E-state index contributed by atoms with van der Waals surface area (Å²) in [5, 5.41) is 9.62. The van der Waals surface area contributed by atoms with Crippen LogP contribution in [0.1, 0.15) is 43.0 Å². The summed E-state index contributed by atoms with van der Waals surface area (Å²) in [4.78, 5) is 14.3. The molecule has 0 radical (unpaired) electrons. The quantitative estimate of drug-likeness (QED) is 0.898. The molecule has 1 atom stereocenters. The van der Waals surface area contributed by atoms with E-state index in [0.29, 0.717) is 5.56 Å². The lowest BCUT2D eigenvalue weighted by Crippen LogP contribution is -2.32. The molecule has 3 nitrogen and oxygen atoms in total. The van der Waals surface area contributed by atoms with Crippen molar-refractivity contribution in [2.24, 2.45) is 5.92 Å². The van der Waals surface area contributed by atoms with Crippen LogP contribution in [0, 0.1) is 5.92 Å². The normalized spacial score (nSPS) is 20.1. The number of phenolic OH excluding ortho intramolecular Hbond substituents is 1. The molecular formula is C15H20ClNO2. The van der Waals surface area contributed by atoms with Crippen molar-refractivity contribution < 1.29 is 9.90 Å². The molecule has 2 rings (SSSR count). The highest BCUT2D eigenvalue weighted by Crippen LogP contribution is 2.26. The molecule has 1 aromatic carbocycles. The highest BCUT2D eigenvalue weighted by Gasteiger charge is 2.21. The van der Waals surface area contributed by atoms with E-state index >= 15 is 0 Å². The smallest absolute Gasteiger partial charge is 0.253 e. The minimum atomic E-state index is 0.0126. The fourth-order valence-corrected chi connectivity index (χ4v) is 2.78. The molecule has 1 heterocycles. The van der Waals surface area contributed by atoms with E-state index < -0.39 is 0 Å². The molecular weight excluding hydrogens is 262 g/mol. The molecule has 1 saturated heterocycles. The Hall–Kier alpha value is -1.22. The molecule has 0 spiro atoms. The van der Waals surface area contributed by atoms with Gasteiger partial charge in [-0.1, -0.05) is 24.9 Å². The zero-order valence-corrected chi connectivity index (χ0v) is 12.0. The number of hydrogen-bond donors (Lipinski definition) is 1. The molecule has 0 aliphatic carbocycles. The maximum Gasteiger partial charge on any atom is 0.253 e. The lowest BCUT2D eigenvalue weighted by molar-refractivity contribution is 0.0760. The molecule has 1 aromatic rings. The molecule has 104 valence electrons. The van der Waals surface area contributed by atoms with Gasteiger partial charge in [0.1, 0.15) is 5.75 Å². The van der Waals surface area contributed by atoms with E-state index in [9.17, 15) is 9.90 Å². The van der Waals surface area contributed by atoms with Gasteiger partial charge in [-0.3, -0.25) is 4.79 Å². The van der Waals surface area contributed by atoms with E-state index in [1.165, 1.54) is 18.9 Å². The summed E-state index contributed by atoms with van der Waals surface area (Å²) >= 11 is 5.85. The minimum Gasteiger partial charge on any atom is -0.506 e. The van der Waals surface area contributed by atoms with Gasteiger partial charge in [0.25, 0.3) is 5.91 Å². The average molecular weight is 282 g/mol. The highest BCUT2D eigenvalue weighted by atomic mass is 35.5. The average Bonchev–Trinajstić information content (AvgIpc) is 2.66. The highest BCUT2D eigenvalue weighted by molar-refractivity contribution is 6.32. The molecule has 1 amide bonds. The number of aromatic hydroxyl groups is 1. The topological polar surface area (TPSA) is 40.5 Å². The first-order valence-corrected chi connectivity index (χ1v) is 7.27. The van der Waals surface area contributed by atoms with Gasteiger partial charge in [0.05, 0.1) is 5.02 Å². The van der Waals surface area contributed by atoms with Crippen LogP contribution in [0.15, 0.2) is 18.2 Å². The van der Waals surface area contributed by atoms with Gasteiger partial charge < -0.3 is 10.0 Å². The van der Waals surface area contributed by atoms with Gasteiger partial charge in [0.2, 0.25) is 0 Å². The van der Waals surface area contributed by atoms with Crippen LogP contribution in [0.2, 0.25) is 5.02 Å². The van der Waals surface area contributed by atoms with E-state index in [1.807, 2.05) is 4.90 Å². The third-order valence-corrected chi connectivity index (χ3v) is 4.21. The number of benzene rings is 1. The first-order valence-electron chi connectivity index (χ1n) is 6.89. The number of nitrogens with zero attached hydrogens (tertiary/aromatic N) is 1. The molecule has 1 N–H and O–H groups in total. The first kappa shape index (κ1) is 14.2. The molecule has 19 heavy (non-hydrogen) atoms. The number of likely N-dealkylation sites (tertiary alicyclic amines) is 1. The Morgan fingerprint density at radius 1 is 1.42 bits per heavy atom. The summed E-state index contributed by atoms with van der Waals surface area (Å²) in [5.74, 6) is 0.764. The number of amides is 1. The molecule has 4 heteroatoms. The largest absolute Gasteiger partial charge is 0.506 e.